The molecule has 1 aliphatic carbocycles. The van der Waals surface area contributed by atoms with Crippen LogP contribution >= 0.6 is 22.7 Å². The zero-order chi connectivity index (χ0) is 17.1. The van der Waals surface area contributed by atoms with E-state index in [1.165, 1.54) is 9.75 Å². The van der Waals surface area contributed by atoms with Crippen molar-refractivity contribution in [3.63, 3.8) is 0 Å². The van der Waals surface area contributed by atoms with Gasteiger partial charge in [-0.2, -0.15) is 0 Å². The number of furan rings is 1. The molecule has 25 heavy (non-hydrogen) atoms. The molecular formula is C20H21NO2S2. The van der Waals surface area contributed by atoms with E-state index in [4.69, 9.17) is 4.42 Å². The van der Waals surface area contributed by atoms with E-state index in [1.807, 2.05) is 17.0 Å². The Kier molecular flexibility index (Phi) is 4.77. The van der Waals surface area contributed by atoms with Crippen LogP contribution in [0.5, 0.6) is 0 Å². The number of carbonyl (C=O) groups is 1. The van der Waals surface area contributed by atoms with Gasteiger partial charge in [0.1, 0.15) is 0 Å². The summed E-state index contributed by atoms with van der Waals surface area (Å²) in [5, 5.41) is 4.16. The van der Waals surface area contributed by atoms with Gasteiger partial charge >= 0.3 is 0 Å². The molecule has 3 heterocycles. The highest BCUT2D eigenvalue weighted by atomic mass is 32.1. The van der Waals surface area contributed by atoms with Crippen LogP contribution in [0.1, 0.15) is 41.0 Å². The molecule has 0 N–H and O–H groups in total. The molecule has 0 atom stereocenters. The van der Waals surface area contributed by atoms with Crippen LogP contribution in [0, 0.1) is 0 Å². The molecule has 0 aromatic carbocycles. The van der Waals surface area contributed by atoms with Gasteiger partial charge in [-0.25, -0.2) is 0 Å². The van der Waals surface area contributed by atoms with Crippen LogP contribution in [-0.2, 0) is 23.3 Å². The molecule has 3 nitrogen and oxygen atoms in total. The Balaban J connectivity index is 1.65. The molecule has 1 fully saturated rings. The van der Waals surface area contributed by atoms with Crippen LogP contribution in [0.25, 0.3) is 0 Å². The fraction of sp³-hybridized carbons (Fsp3) is 0.350. The van der Waals surface area contributed by atoms with E-state index < -0.39 is 0 Å². The van der Waals surface area contributed by atoms with E-state index in [0.717, 1.165) is 31.2 Å². The van der Waals surface area contributed by atoms with Crippen molar-refractivity contribution in [1.82, 2.24) is 4.90 Å². The fourth-order valence-electron chi connectivity index (χ4n) is 3.79. The molecule has 0 saturated heterocycles. The molecule has 5 heteroatoms. The van der Waals surface area contributed by atoms with Crippen molar-refractivity contribution in [2.45, 2.75) is 44.2 Å². The SMILES string of the molecule is O=C(N(Cc1ccoc1)Cc1cccs1)C1(c2cccs2)CCCC1. The van der Waals surface area contributed by atoms with Crippen LogP contribution in [0.4, 0.5) is 0 Å². The first kappa shape index (κ1) is 16.6. The molecule has 0 unspecified atom stereocenters. The van der Waals surface area contributed by atoms with E-state index in [0.29, 0.717) is 13.1 Å². The first-order chi connectivity index (χ1) is 12.3. The number of rotatable bonds is 6. The molecule has 0 bridgehead atoms. The normalized spacial score (nSPS) is 16.2. The molecule has 3 aromatic rings. The summed E-state index contributed by atoms with van der Waals surface area (Å²) in [5.74, 6) is 0.266. The number of hydrogen-bond acceptors (Lipinski definition) is 4. The Labute approximate surface area is 155 Å². The summed E-state index contributed by atoms with van der Waals surface area (Å²) in [6.45, 7) is 1.26. The van der Waals surface area contributed by atoms with Gasteiger partial charge in [0.2, 0.25) is 5.91 Å². The van der Waals surface area contributed by atoms with Crippen molar-refractivity contribution in [1.29, 1.82) is 0 Å². The summed E-state index contributed by atoms with van der Waals surface area (Å²) in [7, 11) is 0. The van der Waals surface area contributed by atoms with E-state index in [-0.39, 0.29) is 11.3 Å². The Bertz CT molecular complexity index is 749. The van der Waals surface area contributed by atoms with Crippen LogP contribution in [0.15, 0.2) is 58.0 Å². The Morgan fingerprint density at radius 2 is 1.88 bits per heavy atom. The molecule has 0 spiro atoms. The fourth-order valence-corrected chi connectivity index (χ4v) is 5.49. The van der Waals surface area contributed by atoms with E-state index >= 15 is 0 Å². The highest BCUT2D eigenvalue weighted by Crippen LogP contribution is 2.45. The monoisotopic (exact) mass is 371 g/mol. The van der Waals surface area contributed by atoms with Crippen molar-refractivity contribution < 1.29 is 9.21 Å². The number of thiophene rings is 2. The maximum atomic E-state index is 13.7. The van der Waals surface area contributed by atoms with E-state index in [9.17, 15) is 4.79 Å². The predicted molar refractivity (Wildman–Crippen MR) is 102 cm³/mol. The van der Waals surface area contributed by atoms with Gasteiger partial charge in [-0.1, -0.05) is 25.0 Å². The number of amides is 1. The van der Waals surface area contributed by atoms with Crippen LogP contribution in [0.3, 0.4) is 0 Å². The number of nitrogens with zero attached hydrogens (tertiary/aromatic N) is 1. The summed E-state index contributed by atoms with van der Waals surface area (Å²) in [4.78, 5) is 18.2. The lowest BCUT2D eigenvalue weighted by Gasteiger charge is -2.33. The third-order valence-corrected chi connectivity index (χ3v) is 6.96. The first-order valence-corrected chi connectivity index (χ1v) is 10.4. The van der Waals surface area contributed by atoms with Crippen molar-refractivity contribution in [3.05, 3.63) is 68.9 Å². The highest BCUT2D eigenvalue weighted by molar-refractivity contribution is 7.10. The summed E-state index contributed by atoms with van der Waals surface area (Å²) in [6.07, 6.45) is 7.58. The van der Waals surface area contributed by atoms with Crippen molar-refractivity contribution in [2.24, 2.45) is 0 Å². The van der Waals surface area contributed by atoms with Gasteiger partial charge in [0.15, 0.2) is 0 Å². The van der Waals surface area contributed by atoms with E-state index in [2.05, 4.69) is 29.0 Å². The smallest absolute Gasteiger partial charge is 0.234 e. The summed E-state index contributed by atoms with van der Waals surface area (Å²) < 4.78 is 5.22. The lowest BCUT2D eigenvalue weighted by Crippen LogP contribution is -2.44. The predicted octanol–water partition coefficient (Wildman–Crippen LogP) is 5.44. The average molecular weight is 372 g/mol. The zero-order valence-corrected chi connectivity index (χ0v) is 15.7. The molecule has 4 rings (SSSR count). The van der Waals surface area contributed by atoms with Crippen LogP contribution < -0.4 is 0 Å². The quantitative estimate of drug-likeness (QED) is 0.578. The van der Waals surface area contributed by atoms with Gasteiger partial charge in [-0.15, -0.1) is 22.7 Å². The van der Waals surface area contributed by atoms with Crippen molar-refractivity contribution in [2.75, 3.05) is 0 Å². The summed E-state index contributed by atoms with van der Waals surface area (Å²) in [6, 6.07) is 10.3. The van der Waals surface area contributed by atoms with Crippen molar-refractivity contribution in [3.8, 4) is 0 Å². The second kappa shape index (κ2) is 7.18. The Morgan fingerprint density at radius 3 is 2.52 bits per heavy atom. The Morgan fingerprint density at radius 1 is 1.08 bits per heavy atom. The van der Waals surface area contributed by atoms with Gasteiger partial charge in [0, 0.05) is 21.9 Å². The number of hydrogen-bond donors (Lipinski definition) is 0. The maximum absolute atomic E-state index is 13.7. The third kappa shape index (κ3) is 3.31. The lowest BCUT2D eigenvalue weighted by atomic mass is 9.82. The molecule has 1 aliphatic rings. The molecule has 1 amide bonds. The third-order valence-electron chi connectivity index (χ3n) is 5.03. The average Bonchev–Trinajstić information content (AvgIpc) is 3.42. The molecule has 0 radical (unpaired) electrons. The molecular weight excluding hydrogens is 350 g/mol. The zero-order valence-electron chi connectivity index (χ0n) is 14.0. The first-order valence-electron chi connectivity index (χ1n) is 8.65. The standard InChI is InChI=1S/C20H21NO2S2/c22-19(20(8-1-2-9-20)18-6-4-12-25-18)21(13-16-7-10-23-15-16)14-17-5-3-11-24-17/h3-7,10-12,15H,1-2,8-9,13-14H2. The molecule has 1 saturated carbocycles. The molecule has 0 aliphatic heterocycles. The highest BCUT2D eigenvalue weighted by Gasteiger charge is 2.45. The topological polar surface area (TPSA) is 33.5 Å². The largest absolute Gasteiger partial charge is 0.472 e. The lowest BCUT2D eigenvalue weighted by molar-refractivity contribution is -0.138. The minimum absolute atomic E-state index is 0.266. The maximum Gasteiger partial charge on any atom is 0.234 e. The summed E-state index contributed by atoms with van der Waals surface area (Å²) in [5.41, 5.74) is 0.707. The Hall–Kier alpha value is -1.85. The minimum Gasteiger partial charge on any atom is -0.472 e. The minimum atomic E-state index is -0.338. The van der Waals surface area contributed by atoms with Crippen LogP contribution in [-0.4, -0.2) is 10.8 Å². The van der Waals surface area contributed by atoms with Gasteiger partial charge in [-0.3, -0.25) is 4.79 Å². The van der Waals surface area contributed by atoms with Gasteiger partial charge in [0.25, 0.3) is 0 Å². The molecule has 130 valence electrons. The molecule has 3 aromatic heterocycles. The van der Waals surface area contributed by atoms with Crippen LogP contribution in [0.2, 0.25) is 0 Å². The van der Waals surface area contributed by atoms with E-state index in [1.54, 1.807) is 35.2 Å². The number of carbonyl (C=O) groups excluding carboxylic acids is 1. The summed E-state index contributed by atoms with van der Waals surface area (Å²) >= 11 is 3.42. The van der Waals surface area contributed by atoms with Gasteiger partial charge in [0.05, 0.1) is 24.5 Å². The van der Waals surface area contributed by atoms with Gasteiger partial charge in [-0.05, 0) is 41.8 Å². The second-order valence-electron chi connectivity index (χ2n) is 6.64. The van der Waals surface area contributed by atoms with Gasteiger partial charge < -0.3 is 9.32 Å². The second-order valence-corrected chi connectivity index (χ2v) is 8.62. The van der Waals surface area contributed by atoms with Crippen molar-refractivity contribution >= 4 is 28.6 Å².